The normalized spacial score (nSPS) is 10.7. The third-order valence-corrected chi connectivity index (χ3v) is 4.24. The number of aromatic nitrogens is 1. The number of rotatable bonds is 7. The number of carbonyl (C=O) groups excluding carboxylic acids is 2. The Balaban J connectivity index is 2.19. The van der Waals surface area contributed by atoms with Crippen LogP contribution >= 0.6 is 0 Å². The third kappa shape index (κ3) is 4.91. The second-order valence-electron chi connectivity index (χ2n) is 6.72. The van der Waals surface area contributed by atoms with E-state index in [1.54, 1.807) is 6.07 Å². The summed E-state index contributed by atoms with van der Waals surface area (Å²) in [6.45, 7) is 8.83. The maximum atomic E-state index is 12.7. The minimum atomic E-state index is -0.267. The number of amides is 2. The molecule has 138 valence electrons. The second kappa shape index (κ2) is 9.13. The molecule has 0 saturated heterocycles. The number of aryl methyl sites for hydroxylation is 1. The Hall–Kier alpha value is -2.69. The predicted molar refractivity (Wildman–Crippen MR) is 105 cm³/mol. The van der Waals surface area contributed by atoms with Crippen molar-refractivity contribution in [2.24, 2.45) is 0 Å². The molecule has 1 heterocycles. The van der Waals surface area contributed by atoms with Crippen molar-refractivity contribution in [3.63, 3.8) is 0 Å². The van der Waals surface area contributed by atoms with Crippen molar-refractivity contribution < 1.29 is 9.59 Å². The zero-order valence-corrected chi connectivity index (χ0v) is 15.9. The van der Waals surface area contributed by atoms with E-state index in [0.717, 1.165) is 29.7 Å². The van der Waals surface area contributed by atoms with E-state index in [1.807, 2.05) is 25.1 Å². The molecule has 0 saturated carbocycles. The number of anilines is 1. The molecule has 1 aromatic carbocycles. The van der Waals surface area contributed by atoms with Crippen LogP contribution in [0, 0.1) is 6.92 Å². The van der Waals surface area contributed by atoms with Crippen molar-refractivity contribution >= 4 is 17.5 Å². The Labute approximate surface area is 155 Å². The monoisotopic (exact) mass is 353 g/mol. The summed E-state index contributed by atoms with van der Waals surface area (Å²) in [5.41, 5.74) is 3.67. The van der Waals surface area contributed by atoms with Crippen molar-refractivity contribution in [1.29, 1.82) is 0 Å². The molecule has 2 amide bonds. The van der Waals surface area contributed by atoms with Gasteiger partial charge in [-0.05, 0) is 36.5 Å². The quantitative estimate of drug-likeness (QED) is 0.729. The lowest BCUT2D eigenvalue weighted by molar-refractivity contribution is 0.0953. The predicted octanol–water partition coefficient (Wildman–Crippen LogP) is 4.30. The molecule has 0 spiro atoms. The first-order valence-corrected chi connectivity index (χ1v) is 9.08. The van der Waals surface area contributed by atoms with E-state index < -0.39 is 0 Å². The highest BCUT2D eigenvalue weighted by molar-refractivity contribution is 6.06. The summed E-state index contributed by atoms with van der Waals surface area (Å²) in [7, 11) is 0. The van der Waals surface area contributed by atoms with E-state index in [9.17, 15) is 9.59 Å². The van der Waals surface area contributed by atoms with Crippen LogP contribution in [0.1, 0.15) is 71.4 Å². The summed E-state index contributed by atoms with van der Waals surface area (Å²) in [5.74, 6) is -0.185. The Morgan fingerprint density at radius 3 is 2.46 bits per heavy atom. The zero-order valence-electron chi connectivity index (χ0n) is 15.9. The molecule has 2 rings (SSSR count). The highest BCUT2D eigenvalue weighted by atomic mass is 16.2. The lowest BCUT2D eigenvalue weighted by Gasteiger charge is -2.16. The maximum absolute atomic E-state index is 12.7. The molecule has 0 radical (unpaired) electrons. The summed E-state index contributed by atoms with van der Waals surface area (Å²) >= 11 is 0. The summed E-state index contributed by atoms with van der Waals surface area (Å²) in [6.07, 6.45) is 4.89. The van der Waals surface area contributed by atoms with Crippen LogP contribution in [0.4, 0.5) is 5.69 Å². The molecule has 0 aliphatic heterocycles. The summed E-state index contributed by atoms with van der Waals surface area (Å²) in [4.78, 5) is 28.9. The average molecular weight is 353 g/mol. The largest absolute Gasteiger partial charge is 0.352 e. The van der Waals surface area contributed by atoms with Gasteiger partial charge >= 0.3 is 0 Å². The van der Waals surface area contributed by atoms with Crippen LogP contribution in [-0.2, 0) is 0 Å². The molecule has 5 heteroatoms. The highest BCUT2D eigenvalue weighted by Gasteiger charge is 2.15. The highest BCUT2D eigenvalue weighted by Crippen LogP contribution is 2.27. The summed E-state index contributed by atoms with van der Waals surface area (Å²) < 4.78 is 0. The minimum absolute atomic E-state index is 0.209. The van der Waals surface area contributed by atoms with Crippen molar-refractivity contribution in [2.75, 3.05) is 11.9 Å². The number of para-hydroxylation sites is 1. The van der Waals surface area contributed by atoms with Crippen molar-refractivity contribution in [3.8, 4) is 0 Å². The van der Waals surface area contributed by atoms with Crippen LogP contribution in [-0.4, -0.2) is 23.3 Å². The van der Waals surface area contributed by atoms with Gasteiger partial charge in [0, 0.05) is 24.6 Å². The number of carbonyl (C=O) groups is 2. The molecular weight excluding hydrogens is 326 g/mol. The molecule has 2 aromatic rings. The van der Waals surface area contributed by atoms with Gasteiger partial charge in [-0.2, -0.15) is 0 Å². The van der Waals surface area contributed by atoms with Gasteiger partial charge in [-0.3, -0.25) is 14.6 Å². The van der Waals surface area contributed by atoms with Gasteiger partial charge in [-0.25, -0.2) is 0 Å². The average Bonchev–Trinajstić information content (AvgIpc) is 2.63. The SMILES string of the molecule is CCCCNC(=O)c1cncc(C(=O)Nc2c(C)cccc2C(C)C)c1. The Morgan fingerprint density at radius 2 is 1.81 bits per heavy atom. The first-order chi connectivity index (χ1) is 12.4. The molecule has 0 fully saturated rings. The summed E-state index contributed by atoms with van der Waals surface area (Å²) in [6, 6.07) is 7.56. The molecule has 1 aromatic heterocycles. The first-order valence-electron chi connectivity index (χ1n) is 9.08. The molecular formula is C21H27N3O2. The topological polar surface area (TPSA) is 71.1 Å². The number of nitrogens with zero attached hydrogens (tertiary/aromatic N) is 1. The zero-order chi connectivity index (χ0) is 19.1. The Morgan fingerprint density at radius 1 is 1.12 bits per heavy atom. The fraction of sp³-hybridized carbons (Fsp3) is 0.381. The number of benzene rings is 1. The van der Waals surface area contributed by atoms with Gasteiger partial charge in [0.25, 0.3) is 11.8 Å². The van der Waals surface area contributed by atoms with Crippen LogP contribution in [0.25, 0.3) is 0 Å². The fourth-order valence-corrected chi connectivity index (χ4v) is 2.70. The lowest BCUT2D eigenvalue weighted by Crippen LogP contribution is -2.25. The van der Waals surface area contributed by atoms with Gasteiger partial charge in [0.05, 0.1) is 11.1 Å². The molecule has 0 bridgehead atoms. The standard InChI is InChI=1S/C21H27N3O2/c1-5-6-10-23-20(25)16-11-17(13-22-12-16)21(26)24-19-15(4)8-7-9-18(19)14(2)3/h7-9,11-14H,5-6,10H2,1-4H3,(H,23,25)(H,24,26). The molecule has 0 unspecified atom stereocenters. The van der Waals surface area contributed by atoms with Gasteiger partial charge < -0.3 is 10.6 Å². The van der Waals surface area contributed by atoms with Crippen LogP contribution in [0.5, 0.6) is 0 Å². The van der Waals surface area contributed by atoms with Crippen LogP contribution in [0.3, 0.4) is 0 Å². The van der Waals surface area contributed by atoms with Crippen molar-refractivity contribution in [1.82, 2.24) is 10.3 Å². The molecule has 0 aliphatic rings. The molecule has 2 N–H and O–H groups in total. The number of hydrogen-bond acceptors (Lipinski definition) is 3. The van der Waals surface area contributed by atoms with Crippen LogP contribution in [0.2, 0.25) is 0 Å². The number of nitrogens with one attached hydrogen (secondary N) is 2. The van der Waals surface area contributed by atoms with Crippen LogP contribution < -0.4 is 10.6 Å². The van der Waals surface area contributed by atoms with Gasteiger partial charge in [-0.15, -0.1) is 0 Å². The van der Waals surface area contributed by atoms with E-state index >= 15 is 0 Å². The number of hydrogen-bond donors (Lipinski definition) is 2. The Bertz CT molecular complexity index is 785. The van der Waals surface area contributed by atoms with Crippen molar-refractivity contribution in [2.45, 2.75) is 46.5 Å². The van der Waals surface area contributed by atoms with E-state index in [1.165, 1.54) is 12.4 Å². The van der Waals surface area contributed by atoms with E-state index in [2.05, 4.69) is 36.4 Å². The Kier molecular flexibility index (Phi) is 6.89. The summed E-state index contributed by atoms with van der Waals surface area (Å²) in [5, 5.41) is 5.82. The first kappa shape index (κ1) is 19.6. The van der Waals surface area contributed by atoms with Gasteiger partial charge in [0.1, 0.15) is 0 Å². The van der Waals surface area contributed by atoms with Gasteiger partial charge in [-0.1, -0.05) is 45.4 Å². The van der Waals surface area contributed by atoms with Crippen molar-refractivity contribution in [3.05, 3.63) is 58.9 Å². The number of pyridine rings is 1. The second-order valence-corrected chi connectivity index (χ2v) is 6.72. The van der Waals surface area contributed by atoms with E-state index in [0.29, 0.717) is 23.6 Å². The van der Waals surface area contributed by atoms with Gasteiger partial charge in [0.2, 0.25) is 0 Å². The molecule has 26 heavy (non-hydrogen) atoms. The lowest BCUT2D eigenvalue weighted by atomic mass is 9.98. The fourth-order valence-electron chi connectivity index (χ4n) is 2.70. The maximum Gasteiger partial charge on any atom is 0.257 e. The van der Waals surface area contributed by atoms with Crippen LogP contribution in [0.15, 0.2) is 36.7 Å². The molecule has 5 nitrogen and oxygen atoms in total. The van der Waals surface area contributed by atoms with Gasteiger partial charge in [0.15, 0.2) is 0 Å². The molecule has 0 aliphatic carbocycles. The smallest absolute Gasteiger partial charge is 0.257 e. The van der Waals surface area contributed by atoms with E-state index in [-0.39, 0.29) is 11.8 Å². The third-order valence-electron chi connectivity index (χ3n) is 4.24. The minimum Gasteiger partial charge on any atom is -0.352 e. The number of unbranched alkanes of at least 4 members (excludes halogenated alkanes) is 1. The molecule has 0 atom stereocenters. The van der Waals surface area contributed by atoms with E-state index in [4.69, 9.17) is 0 Å².